The van der Waals surface area contributed by atoms with Gasteiger partial charge in [-0.25, -0.2) is 0 Å². The molecule has 1 amide bonds. The minimum absolute atomic E-state index is 0. The van der Waals surface area contributed by atoms with E-state index >= 15 is 0 Å². The lowest BCUT2D eigenvalue weighted by Crippen LogP contribution is -2.58. The Morgan fingerprint density at radius 1 is 1.32 bits per heavy atom. The second-order valence-electron chi connectivity index (χ2n) is 10.5. The largest absolute Gasteiger partial charge is 0.412 e. The van der Waals surface area contributed by atoms with Gasteiger partial charge in [0.05, 0.1) is 5.60 Å². The number of amides is 1. The predicted molar refractivity (Wildman–Crippen MR) is 140 cm³/mol. The summed E-state index contributed by atoms with van der Waals surface area (Å²) in [7, 11) is 0. The monoisotopic (exact) mass is 507 g/mol. The Hall–Kier alpha value is -1.51. The van der Waals surface area contributed by atoms with E-state index in [1.165, 1.54) is 4.91 Å². The Labute approximate surface area is 212 Å². The number of likely N-dealkylation sites (tertiary alicyclic amines) is 1. The molecule has 1 saturated heterocycles. The van der Waals surface area contributed by atoms with Crippen LogP contribution in [0.5, 0.6) is 0 Å². The number of thioether (sulfide) groups is 1. The number of nitrogens with one attached hydrogen (secondary N) is 2. The molecule has 0 aromatic heterocycles. The molecule has 3 aliphatic rings. The summed E-state index contributed by atoms with van der Waals surface area (Å²) in [4.78, 5) is 16.7. The van der Waals surface area contributed by atoms with E-state index < -0.39 is 5.60 Å². The Morgan fingerprint density at radius 3 is 2.65 bits per heavy atom. The summed E-state index contributed by atoms with van der Waals surface area (Å²) < 4.78 is 0. The van der Waals surface area contributed by atoms with E-state index in [1.807, 2.05) is 24.3 Å². The zero-order valence-electron chi connectivity index (χ0n) is 20.5. The maximum atomic E-state index is 13.1. The smallest absolute Gasteiger partial charge is 0.253 e. The maximum Gasteiger partial charge on any atom is 0.253 e. The number of carbonyl (C=O) groups is 1. The molecule has 4 rings (SSSR count). The highest BCUT2D eigenvalue weighted by Gasteiger charge is 2.49. The molecule has 2 heterocycles. The van der Waals surface area contributed by atoms with Crippen LogP contribution >= 0.6 is 23.4 Å². The summed E-state index contributed by atoms with van der Waals surface area (Å²) in [6, 6.07) is 7.61. The summed E-state index contributed by atoms with van der Waals surface area (Å²) in [5, 5.41) is 18.8. The molecule has 2 aliphatic heterocycles. The highest BCUT2D eigenvalue weighted by Crippen LogP contribution is 2.46. The highest BCUT2D eigenvalue weighted by molar-refractivity contribution is 8.04. The zero-order valence-corrected chi connectivity index (χ0v) is 22.1. The molecule has 8 heteroatoms. The summed E-state index contributed by atoms with van der Waals surface area (Å²) in [5.41, 5.74) is 0.766. The Bertz CT molecular complexity index is 947. The number of benzene rings is 1. The van der Waals surface area contributed by atoms with Crippen molar-refractivity contribution >= 4 is 29.3 Å². The molecule has 1 aromatic rings. The molecule has 0 spiro atoms. The molecular weight excluding hydrogens is 470 g/mol. The van der Waals surface area contributed by atoms with Crippen LogP contribution in [0, 0.1) is 11.3 Å². The molecule has 1 aliphatic carbocycles. The number of carbonyl (C=O) groups excluding carboxylic acids is 1. The standard InChI is InChI=1S/C26H36ClN3O2S.H2O/c1-17(2)21(28-23(31)24-29-20-7-5-6-8-22(20)33-24)15-30-14-13-26(32,25(3,4)16-30)18-9-11-19(27)12-10-18;/h5,7,9-12,17,21,24,29,32H,6,8,13-16H2,1-4H3,(H,28,31);1H2/t21-,24?,26-;/m0./s1. The third kappa shape index (κ3) is 5.49. The van der Waals surface area contributed by atoms with Gasteiger partial charge >= 0.3 is 0 Å². The van der Waals surface area contributed by atoms with Gasteiger partial charge in [0.2, 0.25) is 0 Å². The maximum absolute atomic E-state index is 13.1. The fraction of sp³-hybridized carbons (Fsp3) is 0.577. The van der Waals surface area contributed by atoms with Gasteiger partial charge in [-0.2, -0.15) is 0 Å². The number of hydrogen-bond acceptors (Lipinski definition) is 5. The van der Waals surface area contributed by atoms with Crippen molar-refractivity contribution in [2.24, 2.45) is 11.3 Å². The molecule has 0 saturated carbocycles. The van der Waals surface area contributed by atoms with Crippen LogP contribution in [0.15, 0.2) is 47.0 Å². The Morgan fingerprint density at radius 2 is 2.03 bits per heavy atom. The van der Waals surface area contributed by atoms with E-state index in [0.717, 1.165) is 43.7 Å². The fourth-order valence-electron chi connectivity index (χ4n) is 5.13. The van der Waals surface area contributed by atoms with E-state index in [4.69, 9.17) is 11.6 Å². The third-order valence-corrected chi connectivity index (χ3v) is 8.87. The summed E-state index contributed by atoms with van der Waals surface area (Å²) in [5.74, 6) is 0.360. The SMILES string of the molecule is CC(C)[C@H](CN1CC[C@](O)(c2ccc(Cl)cc2)C(C)(C)C1)NC(=O)C1NC2=C(CCC=C2)S1.O. The highest BCUT2D eigenvalue weighted by atomic mass is 35.5. The molecule has 0 bridgehead atoms. The fourth-order valence-corrected chi connectivity index (χ4v) is 6.39. The van der Waals surface area contributed by atoms with Crippen molar-refractivity contribution in [3.05, 3.63) is 57.6 Å². The molecule has 1 aromatic carbocycles. The van der Waals surface area contributed by atoms with E-state index in [2.05, 4.69) is 55.4 Å². The molecule has 0 radical (unpaired) electrons. The van der Waals surface area contributed by atoms with Gasteiger partial charge in [0.1, 0.15) is 0 Å². The van der Waals surface area contributed by atoms with E-state index in [9.17, 15) is 9.90 Å². The second kappa shape index (κ2) is 10.6. The molecule has 3 atom stereocenters. The topological polar surface area (TPSA) is 96.1 Å². The first-order chi connectivity index (χ1) is 15.6. The average molecular weight is 508 g/mol. The van der Waals surface area contributed by atoms with Gasteiger partial charge in [0, 0.05) is 46.7 Å². The van der Waals surface area contributed by atoms with Crippen molar-refractivity contribution < 1.29 is 15.4 Å². The van der Waals surface area contributed by atoms with Gasteiger partial charge in [-0.05, 0) is 49.0 Å². The van der Waals surface area contributed by atoms with Crippen LogP contribution in [-0.2, 0) is 10.4 Å². The van der Waals surface area contributed by atoms with Crippen LogP contribution in [0.25, 0.3) is 0 Å². The van der Waals surface area contributed by atoms with Crippen LogP contribution in [0.3, 0.4) is 0 Å². The van der Waals surface area contributed by atoms with E-state index in [0.29, 0.717) is 17.4 Å². The van der Waals surface area contributed by atoms with Crippen molar-refractivity contribution in [2.75, 3.05) is 19.6 Å². The van der Waals surface area contributed by atoms with Gasteiger partial charge < -0.3 is 26.1 Å². The van der Waals surface area contributed by atoms with Crippen molar-refractivity contribution in [2.45, 2.75) is 64.0 Å². The molecule has 34 heavy (non-hydrogen) atoms. The quantitative estimate of drug-likeness (QED) is 0.544. The van der Waals surface area contributed by atoms with Gasteiger partial charge in [0.15, 0.2) is 5.37 Å². The molecular formula is C26H38ClN3O3S. The summed E-state index contributed by atoms with van der Waals surface area (Å²) in [6.07, 6.45) is 6.96. The number of halogens is 1. The number of allylic oxidation sites excluding steroid dienone is 3. The van der Waals surface area contributed by atoms with Crippen molar-refractivity contribution in [1.29, 1.82) is 0 Å². The summed E-state index contributed by atoms with van der Waals surface area (Å²) in [6.45, 7) is 10.9. The Balaban J connectivity index is 0.00000324. The molecule has 1 unspecified atom stereocenters. The average Bonchev–Trinajstić information content (AvgIpc) is 3.20. The van der Waals surface area contributed by atoms with Crippen molar-refractivity contribution in [1.82, 2.24) is 15.5 Å². The number of hydrogen-bond donors (Lipinski definition) is 3. The van der Waals surface area contributed by atoms with Crippen LogP contribution in [0.2, 0.25) is 5.02 Å². The van der Waals surface area contributed by atoms with Gasteiger partial charge in [0.25, 0.3) is 5.91 Å². The third-order valence-electron chi connectivity index (χ3n) is 7.35. The van der Waals surface area contributed by atoms with E-state index in [1.54, 1.807) is 11.8 Å². The molecule has 188 valence electrons. The minimum Gasteiger partial charge on any atom is -0.412 e. The minimum atomic E-state index is -0.909. The normalized spacial score (nSPS) is 27.1. The van der Waals surface area contributed by atoms with Gasteiger partial charge in [-0.3, -0.25) is 4.79 Å². The van der Waals surface area contributed by atoms with Gasteiger partial charge in [-0.15, -0.1) is 0 Å². The van der Waals surface area contributed by atoms with Gasteiger partial charge in [-0.1, -0.05) is 69.3 Å². The predicted octanol–water partition coefficient (Wildman–Crippen LogP) is 3.80. The molecule has 1 fully saturated rings. The first-order valence-electron chi connectivity index (χ1n) is 11.9. The van der Waals surface area contributed by atoms with Crippen molar-refractivity contribution in [3.8, 4) is 0 Å². The van der Waals surface area contributed by atoms with Crippen LogP contribution in [0.1, 0.15) is 52.5 Å². The lowest BCUT2D eigenvalue weighted by Gasteiger charge is -2.51. The number of nitrogens with zero attached hydrogens (tertiary/aromatic N) is 1. The molecule has 6 nitrogen and oxygen atoms in total. The van der Waals surface area contributed by atoms with E-state index in [-0.39, 0.29) is 28.2 Å². The van der Waals surface area contributed by atoms with Crippen molar-refractivity contribution in [3.63, 3.8) is 0 Å². The first kappa shape index (κ1) is 27.1. The Kier molecular flexibility index (Phi) is 8.46. The lowest BCUT2D eigenvalue weighted by atomic mass is 9.66. The second-order valence-corrected chi connectivity index (χ2v) is 12.2. The summed E-state index contributed by atoms with van der Waals surface area (Å²) >= 11 is 7.71. The lowest BCUT2D eigenvalue weighted by molar-refractivity contribution is -0.129. The number of aliphatic hydroxyl groups is 1. The van der Waals surface area contributed by atoms with Crippen LogP contribution in [-0.4, -0.2) is 52.4 Å². The zero-order chi connectivity index (χ0) is 23.8. The number of piperidine rings is 1. The molecule has 5 N–H and O–H groups in total. The van der Waals surface area contributed by atoms with Crippen LogP contribution in [0.4, 0.5) is 0 Å². The number of rotatable bonds is 6. The first-order valence-corrected chi connectivity index (χ1v) is 13.2. The van der Waals surface area contributed by atoms with Crippen LogP contribution < -0.4 is 10.6 Å².